The minimum Gasteiger partial charge on any atom is -0.396 e. The molecule has 0 bridgehead atoms. The maximum atomic E-state index is 8.92. The molecule has 2 aromatic rings. The smallest absolute Gasteiger partial charge is 0.146 e. The quantitative estimate of drug-likeness (QED) is 0.853. The van der Waals surface area contributed by atoms with E-state index in [2.05, 4.69) is 35.6 Å². The second kappa shape index (κ2) is 6.47. The van der Waals surface area contributed by atoms with Gasteiger partial charge in [-0.1, -0.05) is 6.92 Å². The third-order valence-electron chi connectivity index (χ3n) is 3.55. The largest absolute Gasteiger partial charge is 0.396 e. The maximum absolute atomic E-state index is 8.92. The van der Waals surface area contributed by atoms with E-state index < -0.39 is 0 Å². The standard InChI is InChI=1S/C14H22N4OS/c1-4-18(6-5-7-19)8-11-16-13(15)12-9(2)10(3)20-14(12)17-11/h19H,4-8H2,1-3H3,(H2,15,16,17). The summed E-state index contributed by atoms with van der Waals surface area (Å²) in [4.78, 5) is 13.5. The molecule has 6 heteroatoms. The van der Waals surface area contributed by atoms with E-state index in [0.29, 0.717) is 12.4 Å². The molecule has 0 aromatic carbocycles. The molecule has 0 aliphatic carbocycles. The third-order valence-corrected chi connectivity index (χ3v) is 4.65. The van der Waals surface area contributed by atoms with E-state index >= 15 is 0 Å². The molecule has 0 saturated heterocycles. The SMILES string of the molecule is CCN(CCCO)Cc1nc(N)c2c(C)c(C)sc2n1. The molecule has 0 spiro atoms. The van der Waals surface area contributed by atoms with Crippen LogP contribution < -0.4 is 5.73 Å². The van der Waals surface area contributed by atoms with Crippen LogP contribution in [0.25, 0.3) is 10.2 Å². The van der Waals surface area contributed by atoms with Crippen molar-refractivity contribution in [2.45, 2.75) is 33.7 Å². The number of rotatable bonds is 6. The molecule has 2 aromatic heterocycles. The number of aromatic nitrogens is 2. The van der Waals surface area contributed by atoms with Gasteiger partial charge in [0.1, 0.15) is 16.5 Å². The summed E-state index contributed by atoms with van der Waals surface area (Å²) in [5.74, 6) is 1.33. The average molecular weight is 294 g/mol. The van der Waals surface area contributed by atoms with Crippen LogP contribution in [0.3, 0.4) is 0 Å². The van der Waals surface area contributed by atoms with Crippen molar-refractivity contribution in [3.05, 3.63) is 16.3 Å². The van der Waals surface area contributed by atoms with Crippen molar-refractivity contribution in [2.24, 2.45) is 0 Å². The number of nitrogens with two attached hydrogens (primary N) is 1. The van der Waals surface area contributed by atoms with Crippen molar-refractivity contribution in [3.8, 4) is 0 Å². The predicted molar refractivity (Wildman–Crippen MR) is 84.0 cm³/mol. The topological polar surface area (TPSA) is 75.3 Å². The Kier molecular flexibility index (Phi) is 4.91. The van der Waals surface area contributed by atoms with Crippen LogP contribution >= 0.6 is 11.3 Å². The van der Waals surface area contributed by atoms with E-state index in [4.69, 9.17) is 10.8 Å². The lowest BCUT2D eigenvalue weighted by Gasteiger charge is -2.18. The van der Waals surface area contributed by atoms with Gasteiger partial charge in [-0.15, -0.1) is 11.3 Å². The van der Waals surface area contributed by atoms with Gasteiger partial charge in [-0.2, -0.15) is 0 Å². The van der Waals surface area contributed by atoms with Crippen LogP contribution in [-0.2, 0) is 6.54 Å². The van der Waals surface area contributed by atoms with Gasteiger partial charge in [0, 0.05) is 18.0 Å². The van der Waals surface area contributed by atoms with E-state index in [0.717, 1.165) is 35.6 Å². The molecule has 0 saturated carbocycles. The van der Waals surface area contributed by atoms with Gasteiger partial charge >= 0.3 is 0 Å². The van der Waals surface area contributed by atoms with Gasteiger partial charge in [0.25, 0.3) is 0 Å². The molecule has 0 aliphatic heterocycles. The third kappa shape index (κ3) is 3.08. The minimum atomic E-state index is 0.210. The van der Waals surface area contributed by atoms with Gasteiger partial charge in [-0.25, -0.2) is 9.97 Å². The molecule has 5 nitrogen and oxygen atoms in total. The lowest BCUT2D eigenvalue weighted by atomic mass is 10.2. The molecular weight excluding hydrogens is 272 g/mol. The highest BCUT2D eigenvalue weighted by molar-refractivity contribution is 7.18. The summed E-state index contributed by atoms with van der Waals surface area (Å²) in [6.07, 6.45) is 0.767. The molecule has 0 radical (unpaired) electrons. The van der Waals surface area contributed by atoms with Crippen LogP contribution in [0.1, 0.15) is 29.6 Å². The number of aliphatic hydroxyl groups is 1. The molecule has 110 valence electrons. The lowest BCUT2D eigenvalue weighted by Crippen LogP contribution is -2.25. The number of fused-ring (bicyclic) bond motifs is 1. The maximum Gasteiger partial charge on any atom is 0.146 e. The highest BCUT2D eigenvalue weighted by Gasteiger charge is 2.14. The van der Waals surface area contributed by atoms with Crippen LogP contribution in [0, 0.1) is 13.8 Å². The molecule has 0 amide bonds. The molecule has 2 heterocycles. The van der Waals surface area contributed by atoms with E-state index in [1.54, 1.807) is 11.3 Å². The number of nitrogen functional groups attached to an aromatic ring is 1. The van der Waals surface area contributed by atoms with Crippen molar-refractivity contribution in [1.29, 1.82) is 0 Å². The number of nitrogens with zero attached hydrogens (tertiary/aromatic N) is 3. The Labute approximate surface area is 123 Å². The van der Waals surface area contributed by atoms with Gasteiger partial charge < -0.3 is 10.8 Å². The number of hydrogen-bond acceptors (Lipinski definition) is 6. The van der Waals surface area contributed by atoms with Crippen molar-refractivity contribution >= 4 is 27.4 Å². The van der Waals surface area contributed by atoms with Gasteiger partial charge in [-0.3, -0.25) is 4.90 Å². The van der Waals surface area contributed by atoms with Crippen molar-refractivity contribution in [2.75, 3.05) is 25.4 Å². The molecular formula is C14H22N4OS. The first-order chi connectivity index (χ1) is 9.56. The van der Waals surface area contributed by atoms with E-state index in [1.807, 2.05) is 0 Å². The first-order valence-electron chi connectivity index (χ1n) is 6.92. The lowest BCUT2D eigenvalue weighted by molar-refractivity contribution is 0.222. The van der Waals surface area contributed by atoms with E-state index in [1.165, 1.54) is 10.4 Å². The minimum absolute atomic E-state index is 0.210. The normalized spacial score (nSPS) is 11.7. The molecule has 2 rings (SSSR count). The highest BCUT2D eigenvalue weighted by Crippen LogP contribution is 2.31. The number of aliphatic hydroxyl groups excluding tert-OH is 1. The van der Waals surface area contributed by atoms with Crippen molar-refractivity contribution < 1.29 is 5.11 Å². The first kappa shape index (κ1) is 15.2. The van der Waals surface area contributed by atoms with Gasteiger partial charge in [0.05, 0.1) is 11.9 Å². The zero-order valence-corrected chi connectivity index (χ0v) is 13.1. The fraction of sp³-hybridized carbons (Fsp3) is 0.571. The molecule has 0 unspecified atom stereocenters. The Balaban J connectivity index is 2.27. The molecule has 0 fully saturated rings. The molecule has 20 heavy (non-hydrogen) atoms. The van der Waals surface area contributed by atoms with E-state index in [-0.39, 0.29) is 6.61 Å². The van der Waals surface area contributed by atoms with Crippen LogP contribution in [0.5, 0.6) is 0 Å². The van der Waals surface area contributed by atoms with Crippen LogP contribution in [0.15, 0.2) is 0 Å². The van der Waals surface area contributed by atoms with Crippen LogP contribution in [0.4, 0.5) is 5.82 Å². The summed E-state index contributed by atoms with van der Waals surface area (Å²) >= 11 is 1.67. The van der Waals surface area contributed by atoms with E-state index in [9.17, 15) is 0 Å². The Morgan fingerprint density at radius 1 is 1.30 bits per heavy atom. The summed E-state index contributed by atoms with van der Waals surface area (Å²) in [7, 11) is 0. The Bertz CT molecular complexity index is 596. The summed E-state index contributed by atoms with van der Waals surface area (Å²) in [6.45, 7) is 8.88. The van der Waals surface area contributed by atoms with Crippen molar-refractivity contribution in [3.63, 3.8) is 0 Å². The van der Waals surface area contributed by atoms with Crippen LogP contribution in [-0.4, -0.2) is 39.7 Å². The average Bonchev–Trinajstić information content (AvgIpc) is 2.70. The van der Waals surface area contributed by atoms with Gasteiger partial charge in [0.2, 0.25) is 0 Å². The molecule has 3 N–H and O–H groups in total. The summed E-state index contributed by atoms with van der Waals surface area (Å²) in [5.41, 5.74) is 7.27. The second-order valence-corrected chi connectivity index (χ2v) is 6.14. The van der Waals surface area contributed by atoms with Gasteiger partial charge in [0.15, 0.2) is 0 Å². The highest BCUT2D eigenvalue weighted by atomic mass is 32.1. The summed E-state index contributed by atoms with van der Waals surface area (Å²) in [5, 5.41) is 9.91. The zero-order chi connectivity index (χ0) is 14.7. The summed E-state index contributed by atoms with van der Waals surface area (Å²) < 4.78 is 0. The van der Waals surface area contributed by atoms with Crippen molar-refractivity contribution in [1.82, 2.24) is 14.9 Å². The molecule has 0 atom stereocenters. The summed E-state index contributed by atoms with van der Waals surface area (Å²) in [6, 6.07) is 0. The fourth-order valence-electron chi connectivity index (χ4n) is 2.24. The number of aryl methyl sites for hydroxylation is 2. The Morgan fingerprint density at radius 2 is 2.05 bits per heavy atom. The number of thiophene rings is 1. The second-order valence-electron chi connectivity index (χ2n) is 4.93. The van der Waals surface area contributed by atoms with Crippen LogP contribution in [0.2, 0.25) is 0 Å². The number of anilines is 1. The zero-order valence-electron chi connectivity index (χ0n) is 12.3. The molecule has 0 aliphatic rings. The number of hydrogen-bond donors (Lipinski definition) is 2. The van der Waals surface area contributed by atoms with Gasteiger partial charge in [-0.05, 0) is 32.4 Å². The predicted octanol–water partition coefficient (Wildman–Crippen LogP) is 2.09. The monoisotopic (exact) mass is 294 g/mol. The Hall–Kier alpha value is -1.24. The first-order valence-corrected chi connectivity index (χ1v) is 7.73. The Morgan fingerprint density at radius 3 is 2.70 bits per heavy atom. The fourth-order valence-corrected chi connectivity index (χ4v) is 3.30.